The standard InChI is InChI=1S/C15H17F4NO3/c1-3-14(4-2,13(22)23)8-20-12(21)9-6-5-7-10(11(9)16)15(17,18)19/h5-7H,3-4,8H2,1-2H3,(H,20,21)(H,22,23). The number of benzene rings is 1. The van der Waals surface area contributed by atoms with E-state index in [1.807, 2.05) is 0 Å². The van der Waals surface area contributed by atoms with Crippen LogP contribution in [0.2, 0.25) is 0 Å². The molecule has 0 saturated carbocycles. The van der Waals surface area contributed by atoms with Crippen molar-refractivity contribution < 1.29 is 32.3 Å². The number of rotatable bonds is 6. The van der Waals surface area contributed by atoms with E-state index in [0.717, 1.165) is 12.1 Å². The van der Waals surface area contributed by atoms with Crippen molar-refractivity contribution in [3.8, 4) is 0 Å². The summed E-state index contributed by atoms with van der Waals surface area (Å²) in [5, 5.41) is 11.5. The van der Waals surface area contributed by atoms with Crippen LogP contribution in [0.4, 0.5) is 17.6 Å². The van der Waals surface area contributed by atoms with Crippen LogP contribution in [-0.2, 0) is 11.0 Å². The van der Waals surface area contributed by atoms with Crippen molar-refractivity contribution in [2.45, 2.75) is 32.9 Å². The number of hydrogen-bond donors (Lipinski definition) is 2. The fourth-order valence-electron chi connectivity index (χ4n) is 2.15. The first-order chi connectivity index (χ1) is 10.6. The van der Waals surface area contributed by atoms with E-state index in [1.54, 1.807) is 13.8 Å². The van der Waals surface area contributed by atoms with Crippen molar-refractivity contribution in [2.24, 2.45) is 5.41 Å². The lowest BCUT2D eigenvalue weighted by atomic mass is 9.82. The molecule has 4 nitrogen and oxygen atoms in total. The number of hydrogen-bond acceptors (Lipinski definition) is 2. The molecule has 0 radical (unpaired) electrons. The van der Waals surface area contributed by atoms with Crippen LogP contribution in [0, 0.1) is 11.2 Å². The van der Waals surface area contributed by atoms with Gasteiger partial charge in [0.1, 0.15) is 5.82 Å². The van der Waals surface area contributed by atoms with Crippen LogP contribution >= 0.6 is 0 Å². The van der Waals surface area contributed by atoms with Crippen molar-refractivity contribution in [3.63, 3.8) is 0 Å². The molecular formula is C15H17F4NO3. The molecule has 1 amide bonds. The summed E-state index contributed by atoms with van der Waals surface area (Å²) in [7, 11) is 0. The lowest BCUT2D eigenvalue weighted by molar-refractivity contribution is -0.149. The van der Waals surface area contributed by atoms with E-state index < -0.39 is 40.4 Å². The molecule has 1 aromatic rings. The summed E-state index contributed by atoms with van der Waals surface area (Å²) < 4.78 is 51.8. The Kier molecular flexibility index (Phi) is 5.74. The van der Waals surface area contributed by atoms with E-state index in [0.29, 0.717) is 6.07 Å². The average molecular weight is 335 g/mol. The van der Waals surface area contributed by atoms with Gasteiger partial charge in [-0.05, 0) is 25.0 Å². The Morgan fingerprint density at radius 2 is 1.74 bits per heavy atom. The zero-order valence-corrected chi connectivity index (χ0v) is 12.6. The van der Waals surface area contributed by atoms with Gasteiger partial charge in [0.15, 0.2) is 0 Å². The minimum absolute atomic E-state index is 0.212. The molecule has 1 aromatic carbocycles. The molecule has 0 spiro atoms. The van der Waals surface area contributed by atoms with E-state index in [1.165, 1.54) is 0 Å². The molecule has 0 fully saturated rings. The third-order valence-electron chi connectivity index (χ3n) is 3.94. The molecule has 1 rings (SSSR count). The number of carboxylic acids is 1. The third kappa shape index (κ3) is 4.00. The number of halogens is 4. The molecule has 0 aliphatic heterocycles. The van der Waals surface area contributed by atoms with E-state index in [-0.39, 0.29) is 19.4 Å². The number of carbonyl (C=O) groups is 2. The SMILES string of the molecule is CCC(CC)(CNC(=O)c1cccc(C(F)(F)F)c1F)C(=O)O. The lowest BCUT2D eigenvalue weighted by Gasteiger charge is -2.26. The minimum atomic E-state index is -4.92. The van der Waals surface area contributed by atoms with Crippen LogP contribution in [0.3, 0.4) is 0 Å². The van der Waals surface area contributed by atoms with E-state index in [4.69, 9.17) is 0 Å². The highest BCUT2D eigenvalue weighted by Gasteiger charge is 2.37. The van der Waals surface area contributed by atoms with Crippen molar-refractivity contribution in [2.75, 3.05) is 6.54 Å². The first kappa shape index (κ1) is 18.9. The fraction of sp³-hybridized carbons (Fsp3) is 0.467. The highest BCUT2D eigenvalue weighted by atomic mass is 19.4. The second-order valence-electron chi connectivity index (χ2n) is 5.14. The molecule has 0 heterocycles. The molecule has 0 bridgehead atoms. The van der Waals surface area contributed by atoms with Gasteiger partial charge >= 0.3 is 12.1 Å². The maximum Gasteiger partial charge on any atom is 0.419 e. The van der Waals surface area contributed by atoms with Crippen LogP contribution in [0.15, 0.2) is 18.2 Å². The molecule has 23 heavy (non-hydrogen) atoms. The predicted octanol–water partition coefficient (Wildman–Crippen LogP) is 3.47. The molecule has 0 aliphatic carbocycles. The lowest BCUT2D eigenvalue weighted by Crippen LogP contribution is -2.42. The molecule has 0 unspecified atom stereocenters. The molecule has 8 heteroatoms. The van der Waals surface area contributed by atoms with Gasteiger partial charge in [-0.3, -0.25) is 9.59 Å². The zero-order valence-electron chi connectivity index (χ0n) is 12.6. The second kappa shape index (κ2) is 6.97. The van der Waals surface area contributed by atoms with Crippen LogP contribution in [0.25, 0.3) is 0 Å². The van der Waals surface area contributed by atoms with Crippen molar-refractivity contribution in [1.29, 1.82) is 0 Å². The smallest absolute Gasteiger partial charge is 0.419 e. The minimum Gasteiger partial charge on any atom is -0.481 e. The maximum atomic E-state index is 13.9. The predicted molar refractivity (Wildman–Crippen MR) is 74.4 cm³/mol. The number of carboxylic acid groups (broad SMARTS) is 1. The molecule has 0 aromatic heterocycles. The van der Waals surface area contributed by atoms with Gasteiger partial charge in [-0.2, -0.15) is 13.2 Å². The average Bonchev–Trinajstić information content (AvgIpc) is 2.47. The molecular weight excluding hydrogens is 318 g/mol. The Labute approximate surface area is 130 Å². The Morgan fingerprint density at radius 3 is 2.17 bits per heavy atom. The Bertz CT molecular complexity index is 595. The molecule has 0 saturated heterocycles. The molecule has 0 aliphatic rings. The van der Waals surface area contributed by atoms with Gasteiger partial charge in [-0.15, -0.1) is 0 Å². The number of amides is 1. The second-order valence-corrected chi connectivity index (χ2v) is 5.14. The van der Waals surface area contributed by atoms with Crippen LogP contribution in [0.1, 0.15) is 42.6 Å². The highest BCUT2D eigenvalue weighted by molar-refractivity contribution is 5.95. The first-order valence-electron chi connectivity index (χ1n) is 6.96. The Balaban J connectivity index is 3.02. The largest absolute Gasteiger partial charge is 0.481 e. The quantitative estimate of drug-likeness (QED) is 0.783. The van der Waals surface area contributed by atoms with Crippen LogP contribution < -0.4 is 5.32 Å². The van der Waals surface area contributed by atoms with Gasteiger partial charge in [0.25, 0.3) is 5.91 Å². The van der Waals surface area contributed by atoms with Gasteiger partial charge in [0, 0.05) is 6.54 Å². The summed E-state index contributed by atoms with van der Waals surface area (Å²) >= 11 is 0. The van der Waals surface area contributed by atoms with Crippen LogP contribution in [-0.4, -0.2) is 23.5 Å². The fourth-order valence-corrected chi connectivity index (χ4v) is 2.15. The first-order valence-corrected chi connectivity index (χ1v) is 6.96. The molecule has 128 valence electrons. The summed E-state index contributed by atoms with van der Waals surface area (Å²) in [5.41, 5.74) is -3.56. The van der Waals surface area contributed by atoms with Gasteiger partial charge in [-0.25, -0.2) is 4.39 Å². The van der Waals surface area contributed by atoms with Crippen molar-refractivity contribution in [3.05, 3.63) is 35.1 Å². The summed E-state index contributed by atoms with van der Waals surface area (Å²) in [6, 6.07) is 2.37. The third-order valence-corrected chi connectivity index (χ3v) is 3.94. The summed E-state index contributed by atoms with van der Waals surface area (Å²) in [6.07, 6.45) is -4.49. The number of alkyl halides is 3. The highest BCUT2D eigenvalue weighted by Crippen LogP contribution is 2.32. The number of aliphatic carboxylic acids is 1. The van der Waals surface area contributed by atoms with Gasteiger partial charge in [-0.1, -0.05) is 19.9 Å². The Morgan fingerprint density at radius 1 is 1.17 bits per heavy atom. The van der Waals surface area contributed by atoms with Crippen LogP contribution in [0.5, 0.6) is 0 Å². The summed E-state index contributed by atoms with van der Waals surface area (Å²) in [5.74, 6) is -3.89. The van der Waals surface area contributed by atoms with Crippen molar-refractivity contribution >= 4 is 11.9 Å². The van der Waals surface area contributed by atoms with Gasteiger partial charge in [0.05, 0.1) is 16.5 Å². The molecule has 2 N–H and O–H groups in total. The zero-order chi connectivity index (χ0) is 17.8. The van der Waals surface area contributed by atoms with Gasteiger partial charge in [0.2, 0.25) is 0 Å². The monoisotopic (exact) mass is 335 g/mol. The van der Waals surface area contributed by atoms with E-state index in [9.17, 15) is 32.3 Å². The topological polar surface area (TPSA) is 66.4 Å². The van der Waals surface area contributed by atoms with E-state index >= 15 is 0 Å². The maximum absolute atomic E-state index is 13.9. The number of nitrogens with one attached hydrogen (secondary N) is 1. The summed E-state index contributed by atoms with van der Waals surface area (Å²) in [4.78, 5) is 23.2. The van der Waals surface area contributed by atoms with Crippen molar-refractivity contribution in [1.82, 2.24) is 5.32 Å². The normalized spacial score (nSPS) is 12.1. The van der Waals surface area contributed by atoms with Gasteiger partial charge < -0.3 is 10.4 Å². The summed E-state index contributed by atoms with van der Waals surface area (Å²) in [6.45, 7) is 2.94. The number of carbonyl (C=O) groups excluding carboxylic acids is 1. The van der Waals surface area contributed by atoms with E-state index in [2.05, 4.69) is 5.32 Å². The Hall–Kier alpha value is -2.12. The molecule has 0 atom stereocenters.